The number of amides is 1. The van der Waals surface area contributed by atoms with E-state index in [0.717, 1.165) is 6.42 Å². The van der Waals surface area contributed by atoms with Gasteiger partial charge in [0.15, 0.2) is 0 Å². The van der Waals surface area contributed by atoms with E-state index in [-0.39, 0.29) is 6.04 Å². The Morgan fingerprint density at radius 3 is 2.75 bits per heavy atom. The molecule has 68 valence electrons. The van der Waals surface area contributed by atoms with Crippen LogP contribution in [0.3, 0.4) is 0 Å². The molecule has 4 nitrogen and oxygen atoms in total. The van der Waals surface area contributed by atoms with Crippen LogP contribution >= 0.6 is 0 Å². The quantitative estimate of drug-likeness (QED) is 0.694. The van der Waals surface area contributed by atoms with Crippen LogP contribution in [0.5, 0.6) is 0 Å². The van der Waals surface area contributed by atoms with Crippen LogP contribution in [-0.4, -0.2) is 18.7 Å². The molecule has 0 saturated heterocycles. The van der Waals surface area contributed by atoms with Crippen LogP contribution in [0.25, 0.3) is 0 Å². The minimum atomic E-state index is -0.445. The summed E-state index contributed by atoms with van der Waals surface area (Å²) in [6.07, 6.45) is 0.626. The lowest BCUT2D eigenvalue weighted by atomic mass is 10.2. The molecule has 0 aromatic rings. The van der Waals surface area contributed by atoms with Crippen LogP contribution in [0.1, 0.15) is 26.7 Å². The van der Waals surface area contributed by atoms with Crippen LogP contribution in [-0.2, 0) is 4.74 Å². The fraction of sp³-hybridized carbons (Fsp3) is 0.750. The smallest absolute Gasteiger partial charge is 0.407 e. The van der Waals surface area contributed by atoms with E-state index in [9.17, 15) is 4.79 Å². The summed E-state index contributed by atoms with van der Waals surface area (Å²) < 4.78 is 4.66. The molecule has 4 heteroatoms. The van der Waals surface area contributed by atoms with Gasteiger partial charge in [-0.25, -0.2) is 4.79 Å². The monoisotopic (exact) mass is 170 g/mol. The predicted molar refractivity (Wildman–Crippen MR) is 44.5 cm³/mol. The van der Waals surface area contributed by atoms with E-state index in [4.69, 9.17) is 5.26 Å². The van der Waals surface area contributed by atoms with Gasteiger partial charge in [0.05, 0.1) is 19.1 Å². The summed E-state index contributed by atoms with van der Waals surface area (Å²) in [5.74, 6) is 0. The molecule has 1 unspecified atom stereocenters. The van der Waals surface area contributed by atoms with Crippen molar-refractivity contribution in [3.05, 3.63) is 0 Å². The number of nitrogens with one attached hydrogen (secondary N) is 1. The Labute approximate surface area is 72.5 Å². The van der Waals surface area contributed by atoms with E-state index in [0.29, 0.717) is 13.0 Å². The number of ether oxygens (including phenoxy) is 1. The molecule has 0 aromatic heterocycles. The summed E-state index contributed by atoms with van der Waals surface area (Å²) in [6, 6.07) is 1.91. The highest BCUT2D eigenvalue weighted by Gasteiger charge is 2.09. The maximum atomic E-state index is 10.8. The van der Waals surface area contributed by atoms with Crippen molar-refractivity contribution in [3.63, 3.8) is 0 Å². The maximum Gasteiger partial charge on any atom is 0.407 e. The molecule has 0 heterocycles. The molecule has 0 aliphatic heterocycles. The third-order valence-electron chi connectivity index (χ3n) is 1.43. The van der Waals surface area contributed by atoms with Gasteiger partial charge >= 0.3 is 6.09 Å². The van der Waals surface area contributed by atoms with Crippen molar-refractivity contribution in [2.24, 2.45) is 0 Å². The van der Waals surface area contributed by atoms with Crippen LogP contribution in [0.15, 0.2) is 0 Å². The van der Waals surface area contributed by atoms with E-state index < -0.39 is 6.09 Å². The van der Waals surface area contributed by atoms with Crippen molar-refractivity contribution in [3.8, 4) is 6.07 Å². The Hall–Kier alpha value is -1.24. The second-order valence-electron chi connectivity index (χ2n) is 2.33. The average Bonchev–Trinajstić information content (AvgIpc) is 2.04. The Morgan fingerprint density at radius 2 is 2.33 bits per heavy atom. The van der Waals surface area contributed by atoms with E-state index in [1.54, 1.807) is 6.92 Å². The number of hydrogen-bond acceptors (Lipinski definition) is 3. The Balaban J connectivity index is 3.70. The average molecular weight is 170 g/mol. The number of carbonyl (C=O) groups is 1. The molecular formula is C8H14N2O2. The molecular weight excluding hydrogens is 156 g/mol. The summed E-state index contributed by atoms with van der Waals surface area (Å²) in [7, 11) is 0. The zero-order valence-corrected chi connectivity index (χ0v) is 7.46. The Kier molecular flexibility index (Phi) is 5.80. The van der Waals surface area contributed by atoms with Crippen LogP contribution in [0.4, 0.5) is 4.79 Å². The second kappa shape index (κ2) is 6.47. The fourth-order valence-electron chi connectivity index (χ4n) is 0.747. The third kappa shape index (κ3) is 4.56. The van der Waals surface area contributed by atoms with Crippen LogP contribution < -0.4 is 5.32 Å². The fourth-order valence-corrected chi connectivity index (χ4v) is 0.747. The molecule has 0 aliphatic carbocycles. The first-order valence-corrected chi connectivity index (χ1v) is 4.04. The number of rotatable bonds is 4. The van der Waals surface area contributed by atoms with Crippen molar-refractivity contribution < 1.29 is 9.53 Å². The van der Waals surface area contributed by atoms with Crippen molar-refractivity contribution in [1.29, 1.82) is 5.26 Å². The highest BCUT2D eigenvalue weighted by molar-refractivity contribution is 5.67. The SMILES string of the molecule is CCOC(=O)NC(CC)CC#N. The number of alkyl carbamates (subject to hydrolysis) is 1. The van der Waals surface area contributed by atoms with Gasteiger partial charge in [0.25, 0.3) is 0 Å². The summed E-state index contributed by atoms with van der Waals surface area (Å²) in [5.41, 5.74) is 0. The normalized spacial score (nSPS) is 11.4. The molecule has 1 atom stereocenters. The second-order valence-corrected chi connectivity index (χ2v) is 2.33. The lowest BCUT2D eigenvalue weighted by molar-refractivity contribution is 0.148. The molecule has 0 saturated carbocycles. The molecule has 0 bridgehead atoms. The van der Waals surface area contributed by atoms with Crippen molar-refractivity contribution in [2.75, 3.05) is 6.61 Å². The zero-order valence-electron chi connectivity index (χ0n) is 7.46. The van der Waals surface area contributed by atoms with Crippen molar-refractivity contribution in [2.45, 2.75) is 32.7 Å². The van der Waals surface area contributed by atoms with Gasteiger partial charge in [-0.2, -0.15) is 5.26 Å². The first-order chi connectivity index (χ1) is 5.74. The van der Waals surface area contributed by atoms with E-state index in [2.05, 4.69) is 10.1 Å². The molecule has 1 N–H and O–H groups in total. The number of carbonyl (C=O) groups excluding carboxylic acids is 1. The Bertz CT molecular complexity index is 174. The lowest BCUT2D eigenvalue weighted by Gasteiger charge is -2.12. The van der Waals surface area contributed by atoms with Gasteiger partial charge in [0, 0.05) is 6.04 Å². The van der Waals surface area contributed by atoms with Gasteiger partial charge in [-0.05, 0) is 13.3 Å². The number of nitriles is 1. The largest absolute Gasteiger partial charge is 0.450 e. The van der Waals surface area contributed by atoms with Gasteiger partial charge in [-0.3, -0.25) is 0 Å². The highest BCUT2D eigenvalue weighted by Crippen LogP contribution is 1.96. The van der Waals surface area contributed by atoms with Crippen LogP contribution in [0.2, 0.25) is 0 Å². The summed E-state index contributed by atoms with van der Waals surface area (Å²) in [5, 5.41) is 11.0. The predicted octanol–water partition coefficient (Wildman–Crippen LogP) is 1.42. The van der Waals surface area contributed by atoms with Crippen LogP contribution in [0, 0.1) is 11.3 Å². The highest BCUT2D eigenvalue weighted by atomic mass is 16.5. The molecule has 0 aromatic carbocycles. The molecule has 0 aliphatic rings. The maximum absolute atomic E-state index is 10.8. The van der Waals surface area contributed by atoms with Crippen molar-refractivity contribution >= 4 is 6.09 Å². The molecule has 12 heavy (non-hydrogen) atoms. The summed E-state index contributed by atoms with van der Waals surface area (Å²) in [4.78, 5) is 10.8. The van der Waals surface area contributed by atoms with E-state index in [1.165, 1.54) is 0 Å². The summed E-state index contributed by atoms with van der Waals surface area (Å²) >= 11 is 0. The number of nitrogens with zero attached hydrogens (tertiary/aromatic N) is 1. The molecule has 0 rings (SSSR count). The van der Waals surface area contributed by atoms with Gasteiger partial charge in [-0.1, -0.05) is 6.92 Å². The van der Waals surface area contributed by atoms with Gasteiger partial charge in [-0.15, -0.1) is 0 Å². The topological polar surface area (TPSA) is 62.1 Å². The minimum Gasteiger partial charge on any atom is -0.450 e. The number of hydrogen-bond donors (Lipinski definition) is 1. The molecule has 0 spiro atoms. The minimum absolute atomic E-state index is 0.0888. The molecule has 0 radical (unpaired) electrons. The standard InChI is InChI=1S/C8H14N2O2/c1-3-7(5-6-9)10-8(11)12-4-2/h7H,3-5H2,1-2H3,(H,10,11). The van der Waals surface area contributed by atoms with E-state index >= 15 is 0 Å². The van der Waals surface area contributed by atoms with Gasteiger partial charge in [0.2, 0.25) is 0 Å². The third-order valence-corrected chi connectivity index (χ3v) is 1.43. The van der Waals surface area contributed by atoms with Crippen molar-refractivity contribution in [1.82, 2.24) is 5.32 Å². The Morgan fingerprint density at radius 1 is 1.67 bits per heavy atom. The van der Waals surface area contributed by atoms with Gasteiger partial charge < -0.3 is 10.1 Å². The summed E-state index contributed by atoms with van der Waals surface area (Å²) in [6.45, 7) is 4.01. The van der Waals surface area contributed by atoms with Gasteiger partial charge in [0.1, 0.15) is 0 Å². The lowest BCUT2D eigenvalue weighted by Crippen LogP contribution is -2.34. The van der Waals surface area contributed by atoms with E-state index in [1.807, 2.05) is 13.0 Å². The molecule has 1 amide bonds. The first-order valence-electron chi connectivity index (χ1n) is 4.04. The first kappa shape index (κ1) is 10.8. The zero-order chi connectivity index (χ0) is 9.40. The molecule has 0 fully saturated rings.